The molecule has 228 valence electrons. The molecule has 4 atom stereocenters. The number of aryl methyl sites for hydroxylation is 1. The van der Waals surface area contributed by atoms with E-state index in [4.69, 9.17) is 18.9 Å². The Morgan fingerprint density at radius 3 is 2.68 bits per heavy atom. The fourth-order valence-electron chi connectivity index (χ4n) is 5.88. The molecule has 1 aromatic carbocycles. The first-order valence-electron chi connectivity index (χ1n) is 13.6. The number of aromatic nitrogens is 4. The van der Waals surface area contributed by atoms with Crippen LogP contribution in [0.15, 0.2) is 47.6 Å². The Morgan fingerprint density at radius 1 is 1.23 bits per heavy atom. The number of nitro groups is 1. The third kappa shape index (κ3) is 4.48. The van der Waals surface area contributed by atoms with Crippen molar-refractivity contribution in [1.82, 2.24) is 24.5 Å². The molecule has 2 saturated heterocycles. The van der Waals surface area contributed by atoms with Crippen molar-refractivity contribution < 1.29 is 38.3 Å². The van der Waals surface area contributed by atoms with E-state index in [-0.39, 0.29) is 22.9 Å². The minimum atomic E-state index is -1.77. The minimum absolute atomic E-state index is 0.0359. The average molecular weight is 687 g/mol. The summed E-state index contributed by atoms with van der Waals surface area (Å²) in [6, 6.07) is 7.77. The summed E-state index contributed by atoms with van der Waals surface area (Å²) in [6.45, 7) is 2.25. The highest BCUT2D eigenvalue weighted by atomic mass is 79.9. The van der Waals surface area contributed by atoms with Gasteiger partial charge in [0.05, 0.1) is 29.4 Å². The second-order valence-electron chi connectivity index (χ2n) is 10.6. The molecule has 0 N–H and O–H groups in total. The van der Waals surface area contributed by atoms with E-state index in [1.54, 1.807) is 28.9 Å². The van der Waals surface area contributed by atoms with Crippen molar-refractivity contribution >= 4 is 51.3 Å². The van der Waals surface area contributed by atoms with Crippen molar-refractivity contribution in [2.75, 3.05) is 13.2 Å². The molecule has 3 aromatic rings. The molecule has 15 nitrogen and oxygen atoms in total. The van der Waals surface area contributed by atoms with Crippen LogP contribution in [0.1, 0.15) is 48.3 Å². The molecule has 0 radical (unpaired) electrons. The number of amides is 1. The number of rotatable bonds is 7. The van der Waals surface area contributed by atoms with Gasteiger partial charge in [-0.15, -0.1) is 16.9 Å². The number of carbonyl (C=O) groups is 3. The number of alkyl halides is 1. The summed E-state index contributed by atoms with van der Waals surface area (Å²) in [5.74, 6) is -2.75. The Balaban J connectivity index is 1.15. The average Bonchev–Trinajstić information content (AvgIpc) is 3.76. The number of nitrogens with zero attached hydrogens (tertiary/aromatic N) is 6. The lowest BCUT2D eigenvalue weighted by Crippen LogP contribution is -2.70. The van der Waals surface area contributed by atoms with Crippen molar-refractivity contribution in [1.29, 1.82) is 0 Å². The molecule has 3 unspecified atom stereocenters. The van der Waals surface area contributed by atoms with Gasteiger partial charge < -0.3 is 18.9 Å². The summed E-state index contributed by atoms with van der Waals surface area (Å²) in [5, 5.41) is 16.9. The first kappa shape index (κ1) is 28.8. The Kier molecular flexibility index (Phi) is 6.95. The molecule has 1 spiro atoms. The van der Waals surface area contributed by atoms with E-state index in [1.807, 2.05) is 0 Å². The van der Waals surface area contributed by atoms with E-state index in [2.05, 4.69) is 31.0 Å². The SMILES string of the molecule is CC(=O)OC(c1nc2ncc3c(n2n1)CCC1(C3)OCCO1)C1(Br)C(=O)N2C(C(=O)OC(c3ccccc3)[N+](=O)[O-])=CS[C@@H]21. The van der Waals surface area contributed by atoms with Gasteiger partial charge in [-0.2, -0.15) is 4.98 Å². The standard InChI is InChI=1S/C27H23BrN6O9S/c1-14(35)42-19(20-30-25-29-12-16-11-26(40-9-10-41-26)8-7-17(16)33(25)31-20)27(28)23(37)32-18(13-44-24(27)32)22(36)43-21(34(38)39)15-5-3-2-4-6-15/h2-6,12-13,19,21,24H,7-11H2,1H3/t19?,21?,24-,27?/m1/s1. The number of hydrogen-bond donors (Lipinski definition) is 0. The van der Waals surface area contributed by atoms with E-state index in [9.17, 15) is 24.5 Å². The lowest BCUT2D eigenvalue weighted by molar-refractivity contribution is -0.575. The normalized spacial score (nSPS) is 24.7. The smallest absolute Gasteiger partial charge is 0.383 e. The number of thioether (sulfide) groups is 1. The molecular formula is C27H23BrN6O9S. The third-order valence-corrected chi connectivity index (χ3v) is 10.6. The monoisotopic (exact) mass is 686 g/mol. The molecule has 1 aliphatic carbocycles. The van der Waals surface area contributed by atoms with E-state index >= 15 is 0 Å². The van der Waals surface area contributed by atoms with Crippen LogP contribution in [0.5, 0.6) is 0 Å². The highest BCUT2D eigenvalue weighted by Gasteiger charge is 2.70. The molecule has 2 aromatic heterocycles. The zero-order valence-electron chi connectivity index (χ0n) is 23.0. The first-order chi connectivity index (χ1) is 21.1. The van der Waals surface area contributed by atoms with Crippen LogP contribution in [0.2, 0.25) is 0 Å². The second-order valence-corrected chi connectivity index (χ2v) is 12.8. The maximum Gasteiger partial charge on any atom is 0.383 e. The number of ether oxygens (including phenoxy) is 4. The van der Waals surface area contributed by atoms with Crippen molar-refractivity contribution in [3.63, 3.8) is 0 Å². The highest BCUT2D eigenvalue weighted by molar-refractivity contribution is 9.10. The number of β-lactam (4-membered cyclic amide) rings is 1. The van der Waals surface area contributed by atoms with Crippen LogP contribution in [0.25, 0.3) is 5.78 Å². The number of benzene rings is 1. The quantitative estimate of drug-likeness (QED) is 0.0884. The summed E-state index contributed by atoms with van der Waals surface area (Å²) in [6.07, 6.45) is 0.308. The van der Waals surface area contributed by atoms with Crippen LogP contribution in [-0.4, -0.2) is 76.0 Å². The maximum atomic E-state index is 13.7. The summed E-state index contributed by atoms with van der Waals surface area (Å²) >= 11 is 4.60. The number of esters is 2. The molecule has 2 fully saturated rings. The summed E-state index contributed by atoms with van der Waals surface area (Å²) in [4.78, 5) is 60.2. The Morgan fingerprint density at radius 2 is 1.98 bits per heavy atom. The van der Waals surface area contributed by atoms with E-state index < -0.39 is 50.6 Å². The predicted molar refractivity (Wildman–Crippen MR) is 152 cm³/mol. The fraction of sp³-hybridized carbons (Fsp3) is 0.407. The van der Waals surface area contributed by atoms with Crippen LogP contribution in [0.3, 0.4) is 0 Å². The molecule has 1 amide bonds. The van der Waals surface area contributed by atoms with Crippen LogP contribution in [-0.2, 0) is 46.2 Å². The second kappa shape index (κ2) is 10.6. The minimum Gasteiger partial charge on any atom is -0.452 e. The summed E-state index contributed by atoms with van der Waals surface area (Å²) in [5.41, 5.74) is 1.73. The van der Waals surface area contributed by atoms with E-state index in [1.165, 1.54) is 24.5 Å². The zero-order chi connectivity index (χ0) is 30.8. The van der Waals surface area contributed by atoms with Gasteiger partial charge in [-0.3, -0.25) is 24.6 Å². The topological polar surface area (TPSA) is 178 Å². The van der Waals surface area contributed by atoms with E-state index in [0.717, 1.165) is 27.9 Å². The Labute approximate surface area is 261 Å². The van der Waals surface area contributed by atoms with Gasteiger partial charge in [-0.1, -0.05) is 34.1 Å². The molecule has 7 rings (SSSR count). The predicted octanol–water partition coefficient (Wildman–Crippen LogP) is 2.37. The highest BCUT2D eigenvalue weighted by Crippen LogP contribution is 2.58. The summed E-state index contributed by atoms with van der Waals surface area (Å²) in [7, 11) is 0. The molecule has 0 bridgehead atoms. The van der Waals surface area contributed by atoms with Gasteiger partial charge in [0.1, 0.15) is 11.1 Å². The number of halogens is 1. The van der Waals surface area contributed by atoms with Crippen molar-refractivity contribution in [2.45, 2.75) is 54.0 Å². The summed E-state index contributed by atoms with van der Waals surface area (Å²) < 4.78 is 22.6. The fourth-order valence-corrected chi connectivity index (χ4v) is 8.12. The van der Waals surface area contributed by atoms with Gasteiger partial charge in [0.2, 0.25) is 0 Å². The molecular weight excluding hydrogens is 664 g/mol. The van der Waals surface area contributed by atoms with Gasteiger partial charge in [-0.25, -0.2) is 14.3 Å². The Hall–Kier alpha value is -3.93. The van der Waals surface area contributed by atoms with E-state index in [0.29, 0.717) is 32.5 Å². The number of fused-ring (bicyclic) bond motifs is 4. The number of hydrogen-bond acceptors (Lipinski definition) is 13. The lowest BCUT2D eigenvalue weighted by atomic mass is 9.90. The maximum absolute atomic E-state index is 13.7. The van der Waals surface area contributed by atoms with Gasteiger partial charge in [0.15, 0.2) is 22.0 Å². The number of carbonyl (C=O) groups excluding carboxylic acids is 3. The van der Waals surface area contributed by atoms with Gasteiger partial charge >= 0.3 is 18.2 Å². The third-order valence-electron chi connectivity index (χ3n) is 7.90. The van der Waals surface area contributed by atoms with Gasteiger partial charge in [-0.05, 0) is 24.1 Å². The molecule has 4 aliphatic rings. The molecule has 3 aliphatic heterocycles. The molecule has 0 saturated carbocycles. The van der Waals surface area contributed by atoms with Crippen LogP contribution >= 0.6 is 27.7 Å². The van der Waals surface area contributed by atoms with Crippen LogP contribution in [0, 0.1) is 10.1 Å². The molecule has 5 heterocycles. The zero-order valence-corrected chi connectivity index (χ0v) is 25.4. The molecule has 17 heteroatoms. The van der Waals surface area contributed by atoms with Gasteiger partial charge in [0, 0.05) is 31.4 Å². The van der Waals surface area contributed by atoms with Crippen molar-refractivity contribution in [3.05, 3.63) is 80.4 Å². The first-order valence-corrected chi connectivity index (χ1v) is 15.3. The van der Waals surface area contributed by atoms with Gasteiger partial charge in [0.25, 0.3) is 11.7 Å². The van der Waals surface area contributed by atoms with Crippen molar-refractivity contribution in [3.8, 4) is 0 Å². The molecule has 44 heavy (non-hydrogen) atoms. The van der Waals surface area contributed by atoms with Crippen molar-refractivity contribution in [2.24, 2.45) is 0 Å². The van der Waals surface area contributed by atoms with Crippen LogP contribution in [0.4, 0.5) is 0 Å². The largest absolute Gasteiger partial charge is 0.452 e. The van der Waals surface area contributed by atoms with Crippen LogP contribution < -0.4 is 0 Å². The lowest BCUT2D eigenvalue weighted by Gasteiger charge is -2.50. The Bertz CT molecular complexity index is 1750.